The SMILES string of the molecule is CC(C)c1cc(C=O)nn1-c1cccc(F)c1. The third kappa shape index (κ3) is 2.25. The normalized spacial score (nSPS) is 10.8. The Morgan fingerprint density at radius 1 is 1.35 bits per heavy atom. The maximum Gasteiger partial charge on any atom is 0.170 e. The van der Waals surface area contributed by atoms with Crippen molar-refractivity contribution in [1.29, 1.82) is 0 Å². The maximum absolute atomic E-state index is 13.2. The van der Waals surface area contributed by atoms with Crippen LogP contribution in [0.5, 0.6) is 0 Å². The van der Waals surface area contributed by atoms with Gasteiger partial charge in [0.05, 0.1) is 5.69 Å². The number of aldehydes is 1. The van der Waals surface area contributed by atoms with Crippen molar-refractivity contribution in [2.45, 2.75) is 19.8 Å². The first-order chi connectivity index (χ1) is 8.11. The Morgan fingerprint density at radius 3 is 2.71 bits per heavy atom. The Morgan fingerprint density at radius 2 is 2.12 bits per heavy atom. The lowest BCUT2D eigenvalue weighted by Gasteiger charge is -2.09. The fourth-order valence-electron chi connectivity index (χ4n) is 1.70. The zero-order valence-corrected chi connectivity index (χ0v) is 9.72. The van der Waals surface area contributed by atoms with Gasteiger partial charge in [-0.2, -0.15) is 5.10 Å². The molecule has 0 fully saturated rings. The Balaban J connectivity index is 2.57. The Bertz CT molecular complexity index is 546. The van der Waals surface area contributed by atoms with Gasteiger partial charge >= 0.3 is 0 Å². The van der Waals surface area contributed by atoms with Gasteiger partial charge in [-0.15, -0.1) is 0 Å². The molecule has 4 heteroatoms. The molecule has 0 radical (unpaired) electrons. The molecular formula is C13H13FN2O. The lowest BCUT2D eigenvalue weighted by Crippen LogP contribution is -2.04. The second-order valence-electron chi connectivity index (χ2n) is 4.16. The molecule has 0 unspecified atom stereocenters. The van der Waals surface area contributed by atoms with Gasteiger partial charge in [0.2, 0.25) is 0 Å². The predicted octanol–water partition coefficient (Wildman–Crippen LogP) is 2.95. The highest BCUT2D eigenvalue weighted by molar-refractivity contribution is 5.72. The molecule has 0 aliphatic heterocycles. The van der Waals surface area contributed by atoms with Crippen molar-refractivity contribution in [3.05, 3.63) is 47.5 Å². The molecule has 0 amide bonds. The molecule has 1 aromatic heterocycles. The van der Waals surface area contributed by atoms with Crippen LogP contribution in [0, 0.1) is 5.82 Å². The van der Waals surface area contributed by atoms with Crippen LogP contribution in [0.2, 0.25) is 0 Å². The highest BCUT2D eigenvalue weighted by Gasteiger charge is 2.12. The van der Waals surface area contributed by atoms with E-state index in [1.807, 2.05) is 13.8 Å². The van der Waals surface area contributed by atoms with Crippen LogP contribution in [0.25, 0.3) is 5.69 Å². The zero-order chi connectivity index (χ0) is 12.4. The summed E-state index contributed by atoms with van der Waals surface area (Å²) in [4.78, 5) is 10.7. The quantitative estimate of drug-likeness (QED) is 0.762. The van der Waals surface area contributed by atoms with Crippen molar-refractivity contribution in [2.24, 2.45) is 0 Å². The highest BCUT2D eigenvalue weighted by atomic mass is 19.1. The summed E-state index contributed by atoms with van der Waals surface area (Å²) < 4.78 is 14.8. The summed E-state index contributed by atoms with van der Waals surface area (Å²) >= 11 is 0. The molecule has 1 aromatic carbocycles. The second-order valence-corrected chi connectivity index (χ2v) is 4.16. The molecule has 88 valence electrons. The van der Waals surface area contributed by atoms with Gasteiger partial charge in [0.15, 0.2) is 6.29 Å². The molecule has 17 heavy (non-hydrogen) atoms. The lowest BCUT2D eigenvalue weighted by atomic mass is 10.1. The fourth-order valence-corrected chi connectivity index (χ4v) is 1.70. The standard InChI is InChI=1S/C13H13FN2O/c1-9(2)13-7-11(8-17)15-16(13)12-5-3-4-10(14)6-12/h3-9H,1-2H3. The first-order valence-electron chi connectivity index (χ1n) is 5.43. The van der Waals surface area contributed by atoms with Crippen molar-refractivity contribution in [3.63, 3.8) is 0 Å². The number of aromatic nitrogens is 2. The Kier molecular flexibility index (Phi) is 3.04. The van der Waals surface area contributed by atoms with Crippen LogP contribution in [0.1, 0.15) is 35.9 Å². The van der Waals surface area contributed by atoms with Crippen LogP contribution in [0.4, 0.5) is 4.39 Å². The summed E-state index contributed by atoms with van der Waals surface area (Å²) in [6.07, 6.45) is 0.696. The van der Waals surface area contributed by atoms with Gasteiger partial charge in [0, 0.05) is 5.69 Å². The van der Waals surface area contributed by atoms with Gasteiger partial charge in [-0.05, 0) is 30.2 Å². The molecule has 1 heterocycles. The minimum atomic E-state index is -0.319. The van der Waals surface area contributed by atoms with Gasteiger partial charge < -0.3 is 0 Å². The van der Waals surface area contributed by atoms with E-state index in [2.05, 4.69) is 5.10 Å². The van der Waals surface area contributed by atoms with E-state index in [9.17, 15) is 9.18 Å². The third-order valence-electron chi connectivity index (χ3n) is 2.52. The van der Waals surface area contributed by atoms with E-state index in [-0.39, 0.29) is 11.7 Å². The van der Waals surface area contributed by atoms with E-state index in [0.29, 0.717) is 17.7 Å². The van der Waals surface area contributed by atoms with Crippen molar-refractivity contribution in [3.8, 4) is 5.69 Å². The van der Waals surface area contributed by atoms with Crippen molar-refractivity contribution in [2.75, 3.05) is 0 Å². The molecule has 0 aliphatic carbocycles. The molecule has 0 aliphatic rings. The topological polar surface area (TPSA) is 34.9 Å². The predicted molar refractivity (Wildman–Crippen MR) is 63.0 cm³/mol. The van der Waals surface area contributed by atoms with Crippen LogP contribution in [-0.4, -0.2) is 16.1 Å². The van der Waals surface area contributed by atoms with Crippen LogP contribution >= 0.6 is 0 Å². The number of nitrogens with zero attached hydrogens (tertiary/aromatic N) is 2. The summed E-state index contributed by atoms with van der Waals surface area (Å²) in [5.74, 6) is -0.111. The minimum absolute atomic E-state index is 0.208. The maximum atomic E-state index is 13.2. The van der Waals surface area contributed by atoms with E-state index in [1.54, 1.807) is 22.9 Å². The third-order valence-corrected chi connectivity index (χ3v) is 2.52. The van der Waals surface area contributed by atoms with Gasteiger partial charge in [-0.3, -0.25) is 4.79 Å². The monoisotopic (exact) mass is 232 g/mol. The molecule has 0 bridgehead atoms. The number of carbonyl (C=O) groups is 1. The van der Waals surface area contributed by atoms with Crippen LogP contribution in [0.3, 0.4) is 0 Å². The van der Waals surface area contributed by atoms with E-state index in [4.69, 9.17) is 0 Å². The molecule has 0 N–H and O–H groups in total. The summed E-state index contributed by atoms with van der Waals surface area (Å²) in [6.45, 7) is 4.00. The first kappa shape index (κ1) is 11.5. The summed E-state index contributed by atoms with van der Waals surface area (Å²) in [5.41, 5.74) is 1.87. The molecule has 0 atom stereocenters. The number of hydrogen-bond acceptors (Lipinski definition) is 2. The van der Waals surface area contributed by atoms with Crippen molar-refractivity contribution >= 4 is 6.29 Å². The number of rotatable bonds is 3. The van der Waals surface area contributed by atoms with Gasteiger partial charge in [0.25, 0.3) is 0 Å². The Labute approximate surface area is 98.9 Å². The molecule has 0 saturated heterocycles. The van der Waals surface area contributed by atoms with Gasteiger partial charge in [-0.1, -0.05) is 19.9 Å². The van der Waals surface area contributed by atoms with E-state index in [0.717, 1.165) is 5.69 Å². The van der Waals surface area contributed by atoms with E-state index < -0.39 is 0 Å². The van der Waals surface area contributed by atoms with Crippen LogP contribution in [0.15, 0.2) is 30.3 Å². The van der Waals surface area contributed by atoms with Gasteiger partial charge in [-0.25, -0.2) is 9.07 Å². The number of benzene rings is 1. The molecule has 2 aromatic rings. The van der Waals surface area contributed by atoms with E-state index in [1.165, 1.54) is 12.1 Å². The Hall–Kier alpha value is -1.97. The zero-order valence-electron chi connectivity index (χ0n) is 9.72. The highest BCUT2D eigenvalue weighted by Crippen LogP contribution is 2.20. The lowest BCUT2D eigenvalue weighted by molar-refractivity contribution is 0.111. The summed E-state index contributed by atoms with van der Waals surface area (Å²) in [5, 5.41) is 4.14. The molecule has 3 nitrogen and oxygen atoms in total. The minimum Gasteiger partial charge on any atom is -0.296 e. The summed E-state index contributed by atoms with van der Waals surface area (Å²) in [7, 11) is 0. The van der Waals surface area contributed by atoms with Crippen molar-refractivity contribution < 1.29 is 9.18 Å². The molecule has 2 rings (SSSR count). The number of hydrogen-bond donors (Lipinski definition) is 0. The number of halogens is 1. The molecule has 0 spiro atoms. The average molecular weight is 232 g/mol. The van der Waals surface area contributed by atoms with Gasteiger partial charge in [0.1, 0.15) is 11.5 Å². The van der Waals surface area contributed by atoms with Crippen molar-refractivity contribution in [1.82, 2.24) is 9.78 Å². The van der Waals surface area contributed by atoms with Crippen LogP contribution in [-0.2, 0) is 0 Å². The smallest absolute Gasteiger partial charge is 0.170 e. The fraction of sp³-hybridized carbons (Fsp3) is 0.231. The molecular weight excluding hydrogens is 219 g/mol. The second kappa shape index (κ2) is 4.49. The van der Waals surface area contributed by atoms with E-state index >= 15 is 0 Å². The average Bonchev–Trinajstić information content (AvgIpc) is 2.73. The summed E-state index contributed by atoms with van der Waals surface area (Å²) in [6, 6.07) is 7.88. The first-order valence-corrected chi connectivity index (χ1v) is 5.43. The molecule has 0 saturated carbocycles. The largest absolute Gasteiger partial charge is 0.296 e. The number of carbonyl (C=O) groups excluding carboxylic acids is 1. The van der Waals surface area contributed by atoms with Crippen LogP contribution < -0.4 is 0 Å².